The summed E-state index contributed by atoms with van der Waals surface area (Å²) in [6.07, 6.45) is -5.69. The van der Waals surface area contributed by atoms with Crippen molar-refractivity contribution in [2.45, 2.75) is 69.5 Å². The first-order valence-corrected chi connectivity index (χ1v) is 13.8. The van der Waals surface area contributed by atoms with E-state index < -0.39 is 51.5 Å². The number of carbonyl (C=O) groups excluding carboxylic acids is 1. The Morgan fingerprint density at radius 2 is 1.94 bits per heavy atom. The van der Waals surface area contributed by atoms with Gasteiger partial charge >= 0.3 is 0 Å². The van der Waals surface area contributed by atoms with Crippen molar-refractivity contribution in [3.8, 4) is 5.75 Å². The van der Waals surface area contributed by atoms with Gasteiger partial charge in [-0.3, -0.25) is 4.79 Å². The molecule has 1 unspecified atom stereocenters. The minimum Gasteiger partial charge on any atom is -0.543 e. The Morgan fingerprint density at radius 1 is 1.26 bits per heavy atom. The minimum atomic E-state index is -2.01. The number of fused-ring (bicyclic) bond motifs is 1. The summed E-state index contributed by atoms with van der Waals surface area (Å²) in [4.78, 5) is 17.0. The normalized spacial score (nSPS) is 27.3. The van der Waals surface area contributed by atoms with Crippen LogP contribution in [0.25, 0.3) is 10.2 Å². The number of hydrogen-bond acceptors (Lipinski definition) is 9. The third-order valence-corrected chi connectivity index (χ3v) is 11.3. The molecule has 2 heterocycles. The van der Waals surface area contributed by atoms with E-state index in [0.717, 1.165) is 21.8 Å². The molecule has 5 N–H and O–H groups in total. The van der Waals surface area contributed by atoms with Crippen molar-refractivity contribution in [1.29, 1.82) is 0 Å². The maximum atomic E-state index is 12.7. The van der Waals surface area contributed by atoms with Crippen LogP contribution < -0.4 is 9.74 Å². The van der Waals surface area contributed by atoms with Crippen molar-refractivity contribution in [2.24, 2.45) is 0 Å². The Morgan fingerprint density at radius 3 is 2.55 bits per heavy atom. The second kappa shape index (κ2) is 8.74. The van der Waals surface area contributed by atoms with Crippen LogP contribution in [0.2, 0.25) is 18.1 Å². The Kier molecular flexibility index (Phi) is 6.78. The van der Waals surface area contributed by atoms with Gasteiger partial charge in [0.15, 0.2) is 11.3 Å². The van der Waals surface area contributed by atoms with E-state index in [1.54, 1.807) is 6.07 Å². The number of ether oxygens (including phenoxy) is 1. The van der Waals surface area contributed by atoms with Crippen molar-refractivity contribution >= 4 is 35.8 Å². The Hall–Kier alpha value is -1.60. The van der Waals surface area contributed by atoms with Crippen molar-refractivity contribution in [1.82, 2.24) is 10.3 Å². The van der Waals surface area contributed by atoms with Crippen LogP contribution in [-0.4, -0.2) is 76.9 Å². The highest BCUT2D eigenvalue weighted by molar-refractivity contribution is 7.20. The van der Waals surface area contributed by atoms with E-state index in [1.807, 2.05) is 12.1 Å². The summed E-state index contributed by atoms with van der Waals surface area (Å²) in [5.74, 6) is 0.105. The summed E-state index contributed by atoms with van der Waals surface area (Å²) in [5.41, 5.74) is 0.624. The maximum Gasteiger partial charge on any atom is 0.280 e. The van der Waals surface area contributed by atoms with Gasteiger partial charge in [0.2, 0.25) is 8.32 Å². The zero-order valence-corrected chi connectivity index (χ0v) is 20.0. The fourth-order valence-corrected chi connectivity index (χ4v) is 4.90. The Balaban J connectivity index is 1.77. The third kappa shape index (κ3) is 4.92. The topological polar surface area (TPSA) is 141 Å². The number of aromatic nitrogens is 1. The number of aliphatic hydroxyl groups excluding tert-OH is 4. The molecule has 1 amide bonds. The van der Waals surface area contributed by atoms with Crippen molar-refractivity contribution in [3.05, 3.63) is 23.2 Å². The fourth-order valence-electron chi connectivity index (χ4n) is 2.98. The number of hydrogen-bond donors (Lipinski definition) is 5. The van der Waals surface area contributed by atoms with E-state index in [-0.39, 0.29) is 10.0 Å². The average Bonchev–Trinajstić information content (AvgIpc) is 3.10. The number of aliphatic hydroxyl groups is 4. The van der Waals surface area contributed by atoms with Crippen LogP contribution in [0.1, 0.15) is 30.6 Å². The molecule has 2 aromatic rings. The lowest BCUT2D eigenvalue weighted by atomic mass is 9.97. The first kappa shape index (κ1) is 24.0. The van der Waals surface area contributed by atoms with Crippen molar-refractivity contribution in [2.75, 3.05) is 6.61 Å². The second-order valence-corrected chi connectivity index (χ2v) is 15.0. The highest BCUT2D eigenvalue weighted by Crippen LogP contribution is 2.38. The number of nitrogens with zero attached hydrogens (tertiary/aromatic N) is 1. The molecule has 31 heavy (non-hydrogen) atoms. The predicted octanol–water partition coefficient (Wildman–Crippen LogP) is 1.21. The van der Waals surface area contributed by atoms with Gasteiger partial charge in [0.05, 0.1) is 16.8 Å². The molecule has 1 saturated heterocycles. The van der Waals surface area contributed by atoms with Gasteiger partial charge in [0.1, 0.15) is 30.1 Å². The number of benzene rings is 1. The van der Waals surface area contributed by atoms with Crippen molar-refractivity contribution in [3.63, 3.8) is 0 Å². The predicted molar refractivity (Wildman–Crippen MR) is 119 cm³/mol. The summed E-state index contributed by atoms with van der Waals surface area (Å²) >= 11 is 1.16. The third-order valence-electron chi connectivity index (χ3n) is 5.93. The molecule has 0 saturated carbocycles. The molecule has 1 aromatic heterocycles. The molecular weight excluding hydrogens is 440 g/mol. The molecule has 0 spiro atoms. The SMILES string of the molecule is CC(C)(C)[Si](C)(C)Oc1ccc2nc(C(=O)N[C@H]3C(O)O[C@H](CO)[C@@H](O)[C@@H]3O)sc2c1. The van der Waals surface area contributed by atoms with Crippen LogP contribution in [0.3, 0.4) is 0 Å². The van der Waals surface area contributed by atoms with E-state index in [4.69, 9.17) is 14.3 Å². The molecular formula is C20H30N2O7SSi. The molecule has 0 bridgehead atoms. The number of thiazole rings is 1. The Bertz CT molecular complexity index is 945. The van der Waals surface area contributed by atoms with E-state index in [0.29, 0.717) is 5.52 Å². The molecule has 1 aliphatic heterocycles. The lowest BCUT2D eigenvalue weighted by molar-refractivity contribution is -0.252. The van der Waals surface area contributed by atoms with Crippen LogP contribution in [0.5, 0.6) is 5.75 Å². The van der Waals surface area contributed by atoms with Crippen LogP contribution in [0.4, 0.5) is 0 Å². The zero-order chi connectivity index (χ0) is 23.1. The maximum absolute atomic E-state index is 12.7. The number of amides is 1. The quantitative estimate of drug-likeness (QED) is 0.411. The fraction of sp³-hybridized carbons (Fsp3) is 0.600. The first-order valence-electron chi connectivity index (χ1n) is 10.0. The first-order chi connectivity index (χ1) is 14.3. The van der Waals surface area contributed by atoms with Gasteiger partial charge in [-0.2, -0.15) is 0 Å². The summed E-state index contributed by atoms with van der Waals surface area (Å²) in [6.45, 7) is 10.2. The van der Waals surface area contributed by atoms with Crippen LogP contribution in [0, 0.1) is 0 Å². The molecule has 11 heteroatoms. The largest absolute Gasteiger partial charge is 0.543 e. The summed E-state index contributed by atoms with van der Waals surface area (Å²) < 4.78 is 12.1. The lowest BCUT2D eigenvalue weighted by Crippen LogP contribution is -2.64. The molecule has 0 radical (unpaired) electrons. The van der Waals surface area contributed by atoms with Gasteiger partial charge in [-0.05, 0) is 36.3 Å². The number of nitrogens with one attached hydrogen (secondary N) is 1. The van der Waals surface area contributed by atoms with Gasteiger partial charge in [-0.15, -0.1) is 11.3 Å². The van der Waals surface area contributed by atoms with Gasteiger partial charge in [0, 0.05) is 0 Å². The van der Waals surface area contributed by atoms with Crippen LogP contribution in [0.15, 0.2) is 18.2 Å². The number of carbonyl (C=O) groups is 1. The average molecular weight is 471 g/mol. The zero-order valence-electron chi connectivity index (χ0n) is 18.2. The minimum absolute atomic E-state index is 0.0457. The van der Waals surface area contributed by atoms with Crippen molar-refractivity contribution < 1.29 is 34.4 Å². The van der Waals surface area contributed by atoms with Gasteiger partial charge in [-0.25, -0.2) is 4.98 Å². The smallest absolute Gasteiger partial charge is 0.280 e. The standard InChI is InChI=1S/C20H30N2O7SSi/c1-20(2,3)31(4,5)29-10-6-7-11-13(8-10)30-18(21-11)17(26)22-14-16(25)15(24)12(9-23)28-19(14)27/h6-8,12,14-16,19,23-25,27H,9H2,1-5H3,(H,22,26)/t12-,14-,15-,16-,19?/m1/s1. The van der Waals surface area contributed by atoms with Gasteiger partial charge in [-0.1, -0.05) is 20.8 Å². The molecule has 9 nitrogen and oxygen atoms in total. The number of rotatable bonds is 5. The van der Waals surface area contributed by atoms with E-state index >= 15 is 0 Å². The molecule has 3 rings (SSSR count). The summed E-state index contributed by atoms with van der Waals surface area (Å²) in [5, 5.41) is 42.0. The van der Waals surface area contributed by atoms with Crippen LogP contribution in [-0.2, 0) is 4.74 Å². The monoisotopic (exact) mass is 470 g/mol. The molecule has 1 fully saturated rings. The molecule has 0 aliphatic carbocycles. The van der Waals surface area contributed by atoms with E-state index in [2.05, 4.69) is 44.2 Å². The molecule has 1 aliphatic rings. The molecule has 5 atom stereocenters. The molecule has 172 valence electrons. The molecule has 1 aromatic carbocycles. The summed E-state index contributed by atoms with van der Waals surface area (Å²) in [6, 6.07) is 4.20. The highest BCUT2D eigenvalue weighted by Gasteiger charge is 2.44. The van der Waals surface area contributed by atoms with E-state index in [1.165, 1.54) is 0 Å². The highest BCUT2D eigenvalue weighted by atomic mass is 32.1. The summed E-state index contributed by atoms with van der Waals surface area (Å²) in [7, 11) is -2.01. The van der Waals surface area contributed by atoms with Gasteiger partial charge in [0.25, 0.3) is 5.91 Å². The van der Waals surface area contributed by atoms with E-state index in [9.17, 15) is 20.1 Å². The second-order valence-electron chi connectivity index (χ2n) is 9.24. The van der Waals surface area contributed by atoms with Crippen LogP contribution >= 0.6 is 11.3 Å². The lowest BCUT2D eigenvalue weighted by Gasteiger charge is -2.40. The van der Waals surface area contributed by atoms with Gasteiger partial charge < -0.3 is 34.9 Å². The Labute approximate surface area is 185 Å².